The second-order valence-corrected chi connectivity index (χ2v) is 10.4. The number of nitrogens with zero attached hydrogens (tertiary/aromatic N) is 3. The molecule has 1 aromatic heterocycles. The highest BCUT2D eigenvalue weighted by atomic mass is 16.5. The monoisotopic (exact) mass is 550 g/mol. The van der Waals surface area contributed by atoms with Gasteiger partial charge in [-0.1, -0.05) is 36.4 Å². The molecule has 8 heteroatoms. The van der Waals surface area contributed by atoms with E-state index in [0.717, 1.165) is 17.1 Å². The molecule has 8 nitrogen and oxygen atoms in total. The molecule has 0 bridgehead atoms. The minimum absolute atomic E-state index is 0.0166. The average molecular weight is 551 g/mol. The first-order valence-electron chi connectivity index (χ1n) is 13.7. The molecule has 1 aliphatic rings. The van der Waals surface area contributed by atoms with Gasteiger partial charge in [0.2, 0.25) is 0 Å². The van der Waals surface area contributed by atoms with Crippen LogP contribution in [0.25, 0.3) is 0 Å². The Bertz CT molecular complexity index is 1480. The molecule has 41 heavy (non-hydrogen) atoms. The fraction of sp³-hybridized carbons (Fsp3) is 0.242. The molecule has 0 spiro atoms. The van der Waals surface area contributed by atoms with Gasteiger partial charge in [-0.2, -0.15) is 0 Å². The summed E-state index contributed by atoms with van der Waals surface area (Å²) >= 11 is 0. The van der Waals surface area contributed by atoms with E-state index in [-0.39, 0.29) is 24.0 Å². The van der Waals surface area contributed by atoms with Crippen molar-refractivity contribution in [3.8, 4) is 17.2 Å². The third kappa shape index (κ3) is 6.91. The van der Waals surface area contributed by atoms with Gasteiger partial charge in [-0.15, -0.1) is 0 Å². The molecular weight excluding hydrogens is 516 g/mol. The number of aromatic nitrogens is 1. The van der Waals surface area contributed by atoms with Crippen LogP contribution in [0.2, 0.25) is 0 Å². The lowest BCUT2D eigenvalue weighted by Crippen LogP contribution is -2.45. The maximum absolute atomic E-state index is 13.6. The van der Waals surface area contributed by atoms with Crippen molar-refractivity contribution in [2.75, 3.05) is 25.5 Å². The number of benzene rings is 3. The number of rotatable bonds is 9. The van der Waals surface area contributed by atoms with Crippen molar-refractivity contribution in [2.24, 2.45) is 0 Å². The summed E-state index contributed by atoms with van der Waals surface area (Å²) in [5.41, 5.74) is 2.50. The Morgan fingerprint density at radius 1 is 1.00 bits per heavy atom. The van der Waals surface area contributed by atoms with Crippen LogP contribution in [0.5, 0.6) is 17.2 Å². The molecule has 0 aliphatic carbocycles. The molecule has 0 radical (unpaired) electrons. The first-order valence-corrected chi connectivity index (χ1v) is 13.7. The Morgan fingerprint density at radius 3 is 2.41 bits per heavy atom. The molecule has 2 heterocycles. The molecule has 1 N–H and O–H groups in total. The number of likely N-dealkylation sites (N-methyl/N-ethyl adjacent to an activating group) is 1. The minimum Gasteiger partial charge on any atom is -0.484 e. The van der Waals surface area contributed by atoms with E-state index < -0.39 is 0 Å². The highest BCUT2D eigenvalue weighted by Gasteiger charge is 2.32. The van der Waals surface area contributed by atoms with Crippen LogP contribution in [0.4, 0.5) is 5.69 Å². The third-order valence-electron chi connectivity index (χ3n) is 6.88. The molecule has 210 valence electrons. The molecule has 2 amide bonds. The minimum atomic E-state index is -0.313. The second-order valence-electron chi connectivity index (χ2n) is 10.4. The van der Waals surface area contributed by atoms with Crippen LogP contribution in [0.3, 0.4) is 0 Å². The lowest BCUT2D eigenvalue weighted by Gasteiger charge is -2.30. The van der Waals surface area contributed by atoms with Crippen molar-refractivity contribution in [3.05, 3.63) is 114 Å². The second kappa shape index (κ2) is 12.7. The van der Waals surface area contributed by atoms with E-state index >= 15 is 0 Å². The van der Waals surface area contributed by atoms with Gasteiger partial charge >= 0.3 is 0 Å². The highest BCUT2D eigenvalue weighted by molar-refractivity contribution is 6.07. The fourth-order valence-electron chi connectivity index (χ4n) is 4.84. The van der Waals surface area contributed by atoms with Crippen molar-refractivity contribution in [2.45, 2.75) is 32.5 Å². The van der Waals surface area contributed by atoms with Gasteiger partial charge in [0, 0.05) is 37.1 Å². The van der Waals surface area contributed by atoms with Crippen LogP contribution < -0.4 is 14.8 Å². The zero-order valence-electron chi connectivity index (χ0n) is 23.5. The van der Waals surface area contributed by atoms with Crippen LogP contribution in [0.1, 0.15) is 40.1 Å². The number of nitrogens with one attached hydrogen (secondary N) is 1. The predicted octanol–water partition coefficient (Wildman–Crippen LogP) is 5.87. The van der Waals surface area contributed by atoms with Gasteiger partial charge in [-0.3, -0.25) is 19.5 Å². The summed E-state index contributed by atoms with van der Waals surface area (Å²) in [5, 5.41) is 2.93. The molecule has 4 aromatic rings. The molecule has 0 saturated carbocycles. The number of anilines is 1. The largest absolute Gasteiger partial charge is 0.484 e. The summed E-state index contributed by atoms with van der Waals surface area (Å²) < 4.78 is 12.4. The van der Waals surface area contributed by atoms with Crippen LogP contribution >= 0.6 is 0 Å². The number of carbonyl (C=O) groups is 2. The zero-order valence-corrected chi connectivity index (χ0v) is 23.5. The number of ether oxygens (including phenoxy) is 2. The van der Waals surface area contributed by atoms with Gasteiger partial charge in [0.25, 0.3) is 11.8 Å². The maximum atomic E-state index is 13.6. The lowest BCUT2D eigenvalue weighted by atomic mass is 10.1. The zero-order chi connectivity index (χ0) is 28.8. The summed E-state index contributed by atoms with van der Waals surface area (Å²) in [5.74, 6) is 1.55. The number of amides is 2. The van der Waals surface area contributed by atoms with Crippen LogP contribution in [-0.4, -0.2) is 58.9 Å². The Morgan fingerprint density at radius 2 is 1.71 bits per heavy atom. The smallest absolute Gasteiger partial charge is 0.258 e. The maximum Gasteiger partial charge on any atom is 0.258 e. The Kier molecular flexibility index (Phi) is 8.60. The summed E-state index contributed by atoms with van der Waals surface area (Å²) in [7, 11) is 2.03. The van der Waals surface area contributed by atoms with Gasteiger partial charge in [0.1, 0.15) is 17.6 Å². The number of carbonyl (C=O) groups excluding carboxylic acids is 2. The van der Waals surface area contributed by atoms with Crippen molar-refractivity contribution in [1.29, 1.82) is 0 Å². The van der Waals surface area contributed by atoms with E-state index in [1.54, 1.807) is 42.7 Å². The molecule has 0 saturated heterocycles. The number of para-hydroxylation sites is 2. The van der Waals surface area contributed by atoms with Gasteiger partial charge in [-0.25, -0.2) is 0 Å². The van der Waals surface area contributed by atoms with E-state index in [0.29, 0.717) is 42.2 Å². The Hall–Kier alpha value is -4.69. The van der Waals surface area contributed by atoms with Crippen molar-refractivity contribution in [3.63, 3.8) is 0 Å². The van der Waals surface area contributed by atoms with E-state index in [9.17, 15) is 9.59 Å². The highest BCUT2D eigenvalue weighted by Crippen LogP contribution is 2.34. The normalized spacial score (nSPS) is 14.8. The van der Waals surface area contributed by atoms with Crippen molar-refractivity contribution < 1.29 is 19.1 Å². The molecule has 0 fully saturated rings. The summed E-state index contributed by atoms with van der Waals surface area (Å²) in [6.07, 6.45) is 2.82. The number of fused-ring (bicyclic) bond motifs is 1. The summed E-state index contributed by atoms with van der Waals surface area (Å²) in [6.45, 7) is 5.69. The molecule has 1 atom stereocenters. The van der Waals surface area contributed by atoms with E-state index in [2.05, 4.69) is 27.3 Å². The standard InChI is InChI=1S/C33H34N4O4/c1-23(2)37-22-28(21-36(3)20-24-12-14-27(15-13-24)40-26-8-5-4-6-9-26)41-31-29(33(37)39)10-7-11-30(31)35-32(38)25-16-18-34-19-17-25/h4-19,23,28H,20-22H2,1-3H3,(H,35,38)/t28-/m1/s1. The first-order chi connectivity index (χ1) is 19.9. The molecule has 0 unspecified atom stereocenters. The Labute approximate surface area is 240 Å². The van der Waals surface area contributed by atoms with Crippen LogP contribution in [-0.2, 0) is 6.54 Å². The quantitative estimate of drug-likeness (QED) is 0.281. The number of pyridine rings is 1. The van der Waals surface area contributed by atoms with Crippen molar-refractivity contribution in [1.82, 2.24) is 14.8 Å². The van der Waals surface area contributed by atoms with Crippen LogP contribution in [0.15, 0.2) is 97.3 Å². The predicted molar refractivity (Wildman–Crippen MR) is 159 cm³/mol. The van der Waals surface area contributed by atoms with Gasteiger partial charge < -0.3 is 19.7 Å². The molecule has 1 aliphatic heterocycles. The SMILES string of the molecule is CC(C)N1C[C@@H](CN(C)Cc2ccc(Oc3ccccc3)cc2)Oc2c(NC(=O)c3ccncc3)cccc2C1=O. The molecular formula is C33H34N4O4. The Balaban J connectivity index is 1.31. The van der Waals surface area contributed by atoms with Gasteiger partial charge in [0.15, 0.2) is 5.75 Å². The summed E-state index contributed by atoms with van der Waals surface area (Å²) in [4.78, 5) is 34.5. The first kappa shape index (κ1) is 27.9. The van der Waals surface area contributed by atoms with E-state index in [1.165, 1.54) is 0 Å². The average Bonchev–Trinajstić information content (AvgIpc) is 3.12. The lowest BCUT2D eigenvalue weighted by molar-refractivity contribution is 0.0605. The molecule has 5 rings (SSSR count). The third-order valence-corrected chi connectivity index (χ3v) is 6.88. The topological polar surface area (TPSA) is 84.0 Å². The van der Waals surface area contributed by atoms with E-state index in [1.807, 2.05) is 68.3 Å². The number of hydrogen-bond acceptors (Lipinski definition) is 6. The van der Waals surface area contributed by atoms with E-state index in [4.69, 9.17) is 9.47 Å². The van der Waals surface area contributed by atoms with Crippen LogP contribution in [0, 0.1) is 0 Å². The summed E-state index contributed by atoms with van der Waals surface area (Å²) in [6, 6.07) is 26.3. The van der Waals surface area contributed by atoms with Crippen molar-refractivity contribution >= 4 is 17.5 Å². The fourth-order valence-corrected chi connectivity index (χ4v) is 4.84. The van der Waals surface area contributed by atoms with Gasteiger partial charge in [0.05, 0.1) is 17.8 Å². The van der Waals surface area contributed by atoms with Gasteiger partial charge in [-0.05, 0) is 75.0 Å². The number of hydrogen-bond donors (Lipinski definition) is 1. The molecule has 3 aromatic carbocycles.